The van der Waals surface area contributed by atoms with Crippen molar-refractivity contribution in [3.8, 4) is 0 Å². The van der Waals surface area contributed by atoms with Crippen molar-refractivity contribution in [2.45, 2.75) is 26.1 Å². The molecule has 3 nitrogen and oxygen atoms in total. The molecule has 0 aromatic heterocycles. The lowest BCUT2D eigenvalue weighted by Crippen LogP contribution is -2.31. The molecule has 3 atom stereocenters. The van der Waals surface area contributed by atoms with Gasteiger partial charge in [0.15, 0.2) is 0 Å². The molecular formula is C12H24BrNO2. The Morgan fingerprint density at radius 1 is 1.19 bits per heavy atom. The van der Waals surface area contributed by atoms with Gasteiger partial charge in [0.2, 0.25) is 0 Å². The summed E-state index contributed by atoms with van der Waals surface area (Å²) in [6, 6.07) is 0. The first-order valence-corrected chi connectivity index (χ1v) is 7.08. The zero-order valence-electron chi connectivity index (χ0n) is 10.8. The third kappa shape index (κ3) is 3.69. The average molecular weight is 294 g/mol. The highest BCUT2D eigenvalue weighted by molar-refractivity contribution is 9.09. The molecule has 1 heterocycles. The second-order valence-electron chi connectivity index (χ2n) is 4.93. The van der Waals surface area contributed by atoms with Crippen molar-refractivity contribution in [1.82, 2.24) is 4.90 Å². The van der Waals surface area contributed by atoms with Gasteiger partial charge in [0.25, 0.3) is 0 Å². The van der Waals surface area contributed by atoms with E-state index in [9.17, 15) is 0 Å². The third-order valence-electron chi connectivity index (χ3n) is 3.53. The first kappa shape index (κ1) is 14.4. The minimum absolute atomic E-state index is 0.230. The van der Waals surface area contributed by atoms with Gasteiger partial charge in [-0.15, -0.1) is 0 Å². The molecule has 1 saturated heterocycles. The number of rotatable bonds is 6. The van der Waals surface area contributed by atoms with Gasteiger partial charge in [0, 0.05) is 39.2 Å². The largest absolute Gasteiger partial charge is 0.377 e. The molecule has 1 fully saturated rings. The van der Waals surface area contributed by atoms with Gasteiger partial charge < -0.3 is 9.47 Å². The van der Waals surface area contributed by atoms with E-state index in [1.54, 1.807) is 14.2 Å². The van der Waals surface area contributed by atoms with Gasteiger partial charge in [-0.05, 0) is 11.8 Å². The summed E-state index contributed by atoms with van der Waals surface area (Å²) in [6.45, 7) is 7.67. The number of methoxy groups -OCH3 is 2. The van der Waals surface area contributed by atoms with Crippen LogP contribution < -0.4 is 0 Å². The molecule has 0 amide bonds. The van der Waals surface area contributed by atoms with Gasteiger partial charge >= 0.3 is 0 Å². The fourth-order valence-electron chi connectivity index (χ4n) is 2.19. The van der Waals surface area contributed by atoms with E-state index in [-0.39, 0.29) is 12.2 Å². The maximum absolute atomic E-state index is 5.44. The molecule has 0 aromatic carbocycles. The molecule has 0 bridgehead atoms. The summed E-state index contributed by atoms with van der Waals surface area (Å²) in [5.41, 5.74) is 0. The van der Waals surface area contributed by atoms with Gasteiger partial charge in [-0.25, -0.2) is 0 Å². The number of nitrogens with zero attached hydrogens (tertiary/aromatic N) is 1. The molecule has 1 aliphatic rings. The SMILES string of the molecule is COC1CN(CC(CBr)C(C)C)CC1OC. The molecule has 0 radical (unpaired) electrons. The van der Waals surface area contributed by atoms with E-state index in [0.717, 1.165) is 25.0 Å². The fraction of sp³-hybridized carbons (Fsp3) is 1.00. The van der Waals surface area contributed by atoms with Crippen LogP contribution in [0.15, 0.2) is 0 Å². The van der Waals surface area contributed by atoms with Crippen LogP contribution in [0.1, 0.15) is 13.8 Å². The van der Waals surface area contributed by atoms with E-state index in [1.807, 2.05) is 0 Å². The Balaban J connectivity index is 2.45. The monoisotopic (exact) mass is 293 g/mol. The van der Waals surface area contributed by atoms with Crippen molar-refractivity contribution >= 4 is 15.9 Å². The second kappa shape index (κ2) is 6.94. The molecule has 0 aromatic rings. The van der Waals surface area contributed by atoms with Crippen molar-refractivity contribution in [2.75, 3.05) is 39.2 Å². The van der Waals surface area contributed by atoms with E-state index in [1.165, 1.54) is 0 Å². The van der Waals surface area contributed by atoms with E-state index in [0.29, 0.717) is 11.8 Å². The molecule has 0 aliphatic carbocycles. The van der Waals surface area contributed by atoms with Gasteiger partial charge in [-0.3, -0.25) is 4.90 Å². The Morgan fingerprint density at radius 2 is 1.69 bits per heavy atom. The molecule has 4 heteroatoms. The van der Waals surface area contributed by atoms with Crippen molar-refractivity contribution < 1.29 is 9.47 Å². The maximum atomic E-state index is 5.44. The highest BCUT2D eigenvalue weighted by Gasteiger charge is 2.33. The predicted octanol–water partition coefficient (Wildman–Crippen LogP) is 2.00. The zero-order chi connectivity index (χ0) is 12.1. The highest BCUT2D eigenvalue weighted by Crippen LogP contribution is 2.21. The Hall–Kier alpha value is 0.360. The van der Waals surface area contributed by atoms with Gasteiger partial charge in [-0.2, -0.15) is 0 Å². The van der Waals surface area contributed by atoms with Crippen molar-refractivity contribution in [3.63, 3.8) is 0 Å². The van der Waals surface area contributed by atoms with E-state index < -0.39 is 0 Å². The quantitative estimate of drug-likeness (QED) is 0.699. The second-order valence-corrected chi connectivity index (χ2v) is 5.57. The molecule has 0 N–H and O–H groups in total. The molecule has 1 aliphatic heterocycles. The van der Waals surface area contributed by atoms with Crippen LogP contribution in [0.2, 0.25) is 0 Å². The van der Waals surface area contributed by atoms with Gasteiger partial charge in [-0.1, -0.05) is 29.8 Å². The number of alkyl halides is 1. The van der Waals surface area contributed by atoms with Gasteiger partial charge in [0.05, 0.1) is 12.2 Å². The molecule has 3 unspecified atom stereocenters. The molecule has 16 heavy (non-hydrogen) atoms. The van der Waals surface area contributed by atoms with Crippen LogP contribution in [0.4, 0.5) is 0 Å². The Kier molecular flexibility index (Phi) is 6.26. The van der Waals surface area contributed by atoms with E-state index >= 15 is 0 Å². The summed E-state index contributed by atoms with van der Waals surface area (Å²) in [5.74, 6) is 1.41. The number of likely N-dealkylation sites (tertiary alicyclic amines) is 1. The summed E-state index contributed by atoms with van der Waals surface area (Å²) < 4.78 is 10.9. The minimum atomic E-state index is 0.230. The number of hydrogen-bond donors (Lipinski definition) is 0. The van der Waals surface area contributed by atoms with Crippen LogP contribution >= 0.6 is 15.9 Å². The van der Waals surface area contributed by atoms with Crippen LogP contribution in [-0.2, 0) is 9.47 Å². The van der Waals surface area contributed by atoms with Crippen molar-refractivity contribution in [2.24, 2.45) is 11.8 Å². The molecule has 1 rings (SSSR count). The summed E-state index contributed by atoms with van der Waals surface area (Å²) in [6.07, 6.45) is 0.460. The standard InChI is InChI=1S/C12H24BrNO2/c1-9(2)10(5-13)6-14-7-11(15-3)12(8-14)16-4/h9-12H,5-8H2,1-4H3. The average Bonchev–Trinajstić information content (AvgIpc) is 2.67. The number of ether oxygens (including phenoxy) is 2. The zero-order valence-corrected chi connectivity index (χ0v) is 12.4. The van der Waals surface area contributed by atoms with Gasteiger partial charge in [0.1, 0.15) is 0 Å². The fourth-order valence-corrected chi connectivity index (χ4v) is 3.14. The molecule has 0 spiro atoms. The minimum Gasteiger partial charge on any atom is -0.377 e. The number of hydrogen-bond acceptors (Lipinski definition) is 3. The Labute approximate surface area is 108 Å². The van der Waals surface area contributed by atoms with E-state index in [2.05, 4.69) is 34.7 Å². The lowest BCUT2D eigenvalue weighted by molar-refractivity contribution is -0.00461. The first-order valence-electron chi connectivity index (χ1n) is 5.96. The third-order valence-corrected chi connectivity index (χ3v) is 4.36. The Bertz CT molecular complexity index is 189. The van der Waals surface area contributed by atoms with Crippen LogP contribution in [0.5, 0.6) is 0 Å². The predicted molar refractivity (Wildman–Crippen MR) is 70.2 cm³/mol. The van der Waals surface area contributed by atoms with E-state index in [4.69, 9.17) is 9.47 Å². The smallest absolute Gasteiger partial charge is 0.0971 e. The summed E-state index contributed by atoms with van der Waals surface area (Å²) in [7, 11) is 3.54. The lowest BCUT2D eigenvalue weighted by atomic mass is 9.98. The summed E-state index contributed by atoms with van der Waals surface area (Å²) in [5, 5.41) is 1.07. The topological polar surface area (TPSA) is 21.7 Å². The maximum Gasteiger partial charge on any atom is 0.0971 e. The molecule has 0 saturated carbocycles. The first-order chi connectivity index (χ1) is 7.62. The molecule has 96 valence electrons. The summed E-state index contributed by atoms with van der Waals surface area (Å²) >= 11 is 3.60. The van der Waals surface area contributed by atoms with Crippen LogP contribution in [0.3, 0.4) is 0 Å². The lowest BCUT2D eigenvalue weighted by Gasteiger charge is -2.24. The van der Waals surface area contributed by atoms with Crippen molar-refractivity contribution in [1.29, 1.82) is 0 Å². The van der Waals surface area contributed by atoms with Crippen molar-refractivity contribution in [3.05, 3.63) is 0 Å². The number of halogens is 1. The normalized spacial score (nSPS) is 28.9. The highest BCUT2D eigenvalue weighted by atomic mass is 79.9. The van der Waals surface area contributed by atoms with Crippen LogP contribution in [0.25, 0.3) is 0 Å². The molecular weight excluding hydrogens is 270 g/mol. The summed E-state index contributed by atoms with van der Waals surface area (Å²) in [4.78, 5) is 2.45. The van der Waals surface area contributed by atoms with Crippen LogP contribution in [0, 0.1) is 11.8 Å². The van der Waals surface area contributed by atoms with Crippen LogP contribution in [-0.4, -0.2) is 56.3 Å². The Morgan fingerprint density at radius 3 is 2.00 bits per heavy atom.